The largest absolute Gasteiger partial charge is 0.351 e. The molecule has 0 radical (unpaired) electrons. The average molecular weight is 455 g/mol. The van der Waals surface area contributed by atoms with Crippen molar-refractivity contribution in [1.82, 2.24) is 29.7 Å². The number of aromatic nitrogens is 4. The van der Waals surface area contributed by atoms with E-state index >= 15 is 0 Å². The van der Waals surface area contributed by atoms with Crippen LogP contribution in [-0.2, 0) is 4.79 Å². The molecule has 2 amide bonds. The lowest BCUT2D eigenvalue weighted by atomic mass is 10.1. The van der Waals surface area contributed by atoms with Crippen LogP contribution in [0.5, 0.6) is 0 Å². The van der Waals surface area contributed by atoms with Gasteiger partial charge in [-0.15, -0.1) is 10.2 Å². The van der Waals surface area contributed by atoms with Gasteiger partial charge in [-0.25, -0.2) is 0 Å². The first-order valence-electron chi connectivity index (χ1n) is 10.5. The molecule has 9 nitrogen and oxygen atoms in total. The lowest BCUT2D eigenvalue weighted by Gasteiger charge is -2.34. The first-order chi connectivity index (χ1) is 15.3. The highest BCUT2D eigenvalue weighted by Gasteiger charge is 2.27. The molecule has 3 heterocycles. The molecule has 168 valence electrons. The molecule has 32 heavy (non-hydrogen) atoms. The van der Waals surface area contributed by atoms with E-state index in [-0.39, 0.29) is 23.3 Å². The Kier molecular flexibility index (Phi) is 6.31. The standard InChI is InChI=1S/C22H26N6O3S/c1-14-5-6-15(2)18(11-14)28-17(4)23-24-22(28)32-13-20(29)26-7-9-27(10-8-26)21(30)19-12-16(3)25-31-19/h5-6,11-12H,7-10,13H2,1-4H3. The predicted molar refractivity (Wildman–Crippen MR) is 120 cm³/mol. The normalized spacial score (nSPS) is 14.1. The van der Waals surface area contributed by atoms with Crippen LogP contribution < -0.4 is 0 Å². The number of benzene rings is 1. The van der Waals surface area contributed by atoms with Gasteiger partial charge in [-0.1, -0.05) is 29.1 Å². The van der Waals surface area contributed by atoms with Crippen molar-refractivity contribution in [3.8, 4) is 5.69 Å². The maximum absolute atomic E-state index is 12.8. The van der Waals surface area contributed by atoms with Gasteiger partial charge in [0.25, 0.3) is 5.91 Å². The molecule has 2 aromatic heterocycles. The highest BCUT2D eigenvalue weighted by atomic mass is 32.2. The van der Waals surface area contributed by atoms with Gasteiger partial charge in [-0.2, -0.15) is 0 Å². The Hall–Kier alpha value is -3.14. The Balaban J connectivity index is 1.36. The van der Waals surface area contributed by atoms with Gasteiger partial charge in [0.2, 0.25) is 11.7 Å². The third-order valence-corrected chi connectivity index (χ3v) is 6.40. The first-order valence-corrected chi connectivity index (χ1v) is 11.4. The number of aryl methyl sites for hydroxylation is 4. The summed E-state index contributed by atoms with van der Waals surface area (Å²) in [5, 5.41) is 13.0. The maximum Gasteiger partial charge on any atom is 0.292 e. The quantitative estimate of drug-likeness (QED) is 0.547. The zero-order valence-electron chi connectivity index (χ0n) is 18.7. The fourth-order valence-electron chi connectivity index (χ4n) is 3.67. The Morgan fingerprint density at radius 3 is 2.41 bits per heavy atom. The second kappa shape index (κ2) is 9.15. The van der Waals surface area contributed by atoms with Crippen LogP contribution in [0.1, 0.15) is 33.2 Å². The number of thioether (sulfide) groups is 1. The van der Waals surface area contributed by atoms with Gasteiger partial charge in [-0.05, 0) is 44.9 Å². The minimum Gasteiger partial charge on any atom is -0.351 e. The number of piperazine rings is 1. The van der Waals surface area contributed by atoms with Gasteiger partial charge in [0.05, 0.1) is 17.1 Å². The van der Waals surface area contributed by atoms with Crippen molar-refractivity contribution in [2.45, 2.75) is 32.9 Å². The summed E-state index contributed by atoms with van der Waals surface area (Å²) in [6, 6.07) is 7.88. The molecule has 0 bridgehead atoms. The van der Waals surface area contributed by atoms with E-state index in [9.17, 15) is 9.59 Å². The Morgan fingerprint density at radius 1 is 1.00 bits per heavy atom. The van der Waals surface area contributed by atoms with Crippen LogP contribution >= 0.6 is 11.8 Å². The van der Waals surface area contributed by atoms with Gasteiger partial charge in [0, 0.05) is 32.2 Å². The lowest BCUT2D eigenvalue weighted by molar-refractivity contribution is -0.129. The predicted octanol–water partition coefficient (Wildman–Crippen LogP) is 2.57. The van der Waals surface area contributed by atoms with E-state index in [2.05, 4.69) is 40.5 Å². The van der Waals surface area contributed by atoms with Gasteiger partial charge in [-0.3, -0.25) is 14.2 Å². The molecule has 1 aliphatic rings. The molecule has 0 aliphatic carbocycles. The zero-order valence-corrected chi connectivity index (χ0v) is 19.5. The summed E-state index contributed by atoms with van der Waals surface area (Å²) in [7, 11) is 0. The van der Waals surface area contributed by atoms with Crippen LogP contribution in [0.3, 0.4) is 0 Å². The highest BCUT2D eigenvalue weighted by molar-refractivity contribution is 7.99. The van der Waals surface area contributed by atoms with E-state index in [4.69, 9.17) is 4.52 Å². The van der Waals surface area contributed by atoms with Crippen LogP contribution in [-0.4, -0.2) is 73.5 Å². The summed E-state index contributed by atoms with van der Waals surface area (Å²) in [6.45, 7) is 9.69. The van der Waals surface area contributed by atoms with E-state index < -0.39 is 0 Å². The fraction of sp³-hybridized carbons (Fsp3) is 0.409. The Labute approximate surface area is 190 Å². The zero-order chi connectivity index (χ0) is 22.8. The molecule has 0 spiro atoms. The monoisotopic (exact) mass is 454 g/mol. The summed E-state index contributed by atoms with van der Waals surface area (Å²) in [4.78, 5) is 28.8. The van der Waals surface area contributed by atoms with E-state index in [1.807, 2.05) is 18.4 Å². The molecule has 3 aromatic rings. The maximum atomic E-state index is 12.8. The van der Waals surface area contributed by atoms with Crippen molar-refractivity contribution in [1.29, 1.82) is 0 Å². The second-order valence-electron chi connectivity index (χ2n) is 7.95. The number of hydrogen-bond acceptors (Lipinski definition) is 7. The van der Waals surface area contributed by atoms with Gasteiger partial charge < -0.3 is 14.3 Å². The lowest BCUT2D eigenvalue weighted by Crippen LogP contribution is -2.51. The number of amides is 2. The molecule has 0 atom stereocenters. The van der Waals surface area contributed by atoms with Crippen molar-refractivity contribution >= 4 is 23.6 Å². The smallest absolute Gasteiger partial charge is 0.292 e. The number of carbonyl (C=O) groups is 2. The topological polar surface area (TPSA) is 97.4 Å². The third kappa shape index (κ3) is 4.55. The molecule has 10 heteroatoms. The SMILES string of the molecule is Cc1ccc(C)c(-n2c(C)nnc2SCC(=O)N2CCN(C(=O)c3cc(C)no3)CC2)c1. The van der Waals surface area contributed by atoms with Crippen molar-refractivity contribution in [2.75, 3.05) is 31.9 Å². The van der Waals surface area contributed by atoms with Crippen molar-refractivity contribution in [3.63, 3.8) is 0 Å². The van der Waals surface area contributed by atoms with Gasteiger partial charge in [0.1, 0.15) is 5.82 Å². The molecule has 0 saturated carbocycles. The van der Waals surface area contributed by atoms with E-state index in [1.54, 1.807) is 22.8 Å². The second-order valence-corrected chi connectivity index (χ2v) is 8.89. The first kappa shape index (κ1) is 22.1. The number of carbonyl (C=O) groups excluding carboxylic acids is 2. The third-order valence-electron chi connectivity index (χ3n) is 5.48. The van der Waals surface area contributed by atoms with E-state index in [0.717, 1.165) is 22.6 Å². The van der Waals surface area contributed by atoms with Crippen LogP contribution in [0.15, 0.2) is 33.9 Å². The van der Waals surface area contributed by atoms with E-state index in [0.29, 0.717) is 37.0 Å². The Bertz CT molecular complexity index is 1150. The fourth-order valence-corrected chi connectivity index (χ4v) is 4.56. The van der Waals surface area contributed by atoms with Gasteiger partial charge >= 0.3 is 0 Å². The molecule has 1 aliphatic heterocycles. The molecule has 1 fully saturated rings. The summed E-state index contributed by atoms with van der Waals surface area (Å²) >= 11 is 1.38. The van der Waals surface area contributed by atoms with E-state index in [1.165, 1.54) is 11.8 Å². The number of rotatable bonds is 5. The van der Waals surface area contributed by atoms with Crippen molar-refractivity contribution in [2.24, 2.45) is 0 Å². The van der Waals surface area contributed by atoms with Gasteiger partial charge in [0.15, 0.2) is 5.16 Å². The summed E-state index contributed by atoms with van der Waals surface area (Å²) in [5.74, 6) is 1.11. The van der Waals surface area contributed by atoms with Crippen molar-refractivity contribution < 1.29 is 14.1 Å². The van der Waals surface area contributed by atoms with Crippen LogP contribution in [0.25, 0.3) is 5.69 Å². The molecule has 1 aromatic carbocycles. The Morgan fingerprint density at radius 2 is 1.72 bits per heavy atom. The molecule has 0 N–H and O–H groups in total. The van der Waals surface area contributed by atoms with Crippen LogP contribution in [0, 0.1) is 27.7 Å². The number of hydrogen-bond donors (Lipinski definition) is 0. The van der Waals surface area contributed by atoms with Crippen molar-refractivity contribution in [3.05, 3.63) is 52.7 Å². The molecule has 0 unspecified atom stereocenters. The molecule has 1 saturated heterocycles. The molecule has 4 rings (SSSR count). The number of nitrogens with zero attached hydrogens (tertiary/aromatic N) is 6. The summed E-state index contributed by atoms with van der Waals surface area (Å²) in [5.41, 5.74) is 3.97. The molecular weight excluding hydrogens is 428 g/mol. The molecular formula is C22H26N6O3S. The summed E-state index contributed by atoms with van der Waals surface area (Å²) in [6.07, 6.45) is 0. The van der Waals surface area contributed by atoms with Crippen LogP contribution in [0.2, 0.25) is 0 Å². The average Bonchev–Trinajstić information content (AvgIpc) is 3.38. The summed E-state index contributed by atoms with van der Waals surface area (Å²) < 4.78 is 7.06. The minimum absolute atomic E-state index is 0.0192. The highest BCUT2D eigenvalue weighted by Crippen LogP contribution is 2.25. The minimum atomic E-state index is -0.191. The van der Waals surface area contributed by atoms with Crippen LogP contribution in [0.4, 0.5) is 0 Å².